The molecule has 0 atom stereocenters. The quantitative estimate of drug-likeness (QED) is 0.268. The molecule has 0 saturated carbocycles. The van der Waals surface area contributed by atoms with E-state index in [0.717, 1.165) is 42.0 Å². The summed E-state index contributed by atoms with van der Waals surface area (Å²) in [6.07, 6.45) is 5.81. The predicted molar refractivity (Wildman–Crippen MR) is 140 cm³/mol. The summed E-state index contributed by atoms with van der Waals surface area (Å²) in [6, 6.07) is 16.4. The molecule has 0 radical (unpaired) electrons. The maximum absolute atomic E-state index is 12.8. The van der Waals surface area contributed by atoms with Crippen LogP contribution in [0.5, 0.6) is 5.75 Å². The summed E-state index contributed by atoms with van der Waals surface area (Å²) in [6.45, 7) is 3.29. The predicted octanol–water partition coefficient (Wildman–Crippen LogP) is 5.80. The van der Waals surface area contributed by atoms with Gasteiger partial charge in [-0.05, 0) is 49.1 Å². The smallest absolute Gasteiger partial charge is 0.303 e. The van der Waals surface area contributed by atoms with E-state index in [2.05, 4.69) is 30.0 Å². The Bertz CT molecular complexity index is 1160. The summed E-state index contributed by atoms with van der Waals surface area (Å²) in [5.74, 6) is 0.544. The Balaban J connectivity index is 1.45. The molecule has 0 aromatic heterocycles. The fourth-order valence-corrected chi connectivity index (χ4v) is 5.19. The number of amides is 1. The van der Waals surface area contributed by atoms with Crippen LogP contribution in [0, 0.1) is 0 Å². The normalized spacial score (nSPS) is 17.6. The summed E-state index contributed by atoms with van der Waals surface area (Å²) in [4.78, 5) is 27.7. The Labute approximate surface area is 208 Å². The first-order valence-electron chi connectivity index (χ1n) is 11.3. The van der Waals surface area contributed by atoms with Gasteiger partial charge in [-0.15, -0.1) is 0 Å². The fraction of sp³-hybridized carbons (Fsp3) is 0.269. The molecule has 1 fully saturated rings. The highest BCUT2D eigenvalue weighted by Gasteiger charge is 2.32. The number of unbranched alkanes of at least 4 members (excludes halogenated alkanes) is 2. The number of hydrogen-bond acceptors (Lipinski definition) is 6. The summed E-state index contributed by atoms with van der Waals surface area (Å²) in [5.41, 5.74) is 3.26. The summed E-state index contributed by atoms with van der Waals surface area (Å²) in [5, 5.41) is 8.74. The van der Waals surface area contributed by atoms with Crippen molar-refractivity contribution in [2.24, 2.45) is 0 Å². The molecular formula is C26H26N2O4S2. The standard InChI is InChI=1S/C26H26N2O4S2/c1-2-27-20-17-19(18-9-5-3-6-10-18)12-13-21(20)32-23(27)15-14-22-25(31)28(26(33)34-22)16-8-4-7-11-24(29)30/h3,5-6,9-10,12-15,17H,2,4,7-8,11,16H2,1H3,(H,29,30)/b22-14+,23-15-. The molecule has 6 nitrogen and oxygen atoms in total. The van der Waals surface area contributed by atoms with Gasteiger partial charge >= 0.3 is 5.97 Å². The van der Waals surface area contributed by atoms with Gasteiger partial charge in [-0.25, -0.2) is 0 Å². The molecule has 1 saturated heterocycles. The number of thioether (sulfide) groups is 1. The van der Waals surface area contributed by atoms with Crippen LogP contribution in [0.25, 0.3) is 11.1 Å². The van der Waals surface area contributed by atoms with Crippen LogP contribution in [0.15, 0.2) is 71.5 Å². The minimum atomic E-state index is -0.796. The van der Waals surface area contributed by atoms with Crippen LogP contribution in [0.2, 0.25) is 0 Å². The van der Waals surface area contributed by atoms with Crippen LogP contribution in [0.3, 0.4) is 0 Å². The largest absolute Gasteiger partial charge is 0.481 e. The van der Waals surface area contributed by atoms with E-state index < -0.39 is 5.97 Å². The van der Waals surface area contributed by atoms with Gasteiger partial charge in [0, 0.05) is 25.6 Å². The lowest BCUT2D eigenvalue weighted by molar-refractivity contribution is -0.137. The van der Waals surface area contributed by atoms with Crippen molar-refractivity contribution in [2.45, 2.75) is 32.6 Å². The van der Waals surface area contributed by atoms with Crippen LogP contribution in [0.1, 0.15) is 32.6 Å². The average Bonchev–Trinajstić information content (AvgIpc) is 3.33. The number of ether oxygens (including phenoxy) is 1. The Morgan fingerprint density at radius 2 is 1.85 bits per heavy atom. The number of anilines is 1. The van der Waals surface area contributed by atoms with Gasteiger partial charge in [0.05, 0.1) is 10.6 Å². The van der Waals surface area contributed by atoms with Crippen molar-refractivity contribution in [1.82, 2.24) is 4.90 Å². The molecule has 0 aliphatic carbocycles. The lowest BCUT2D eigenvalue weighted by atomic mass is 10.0. The second-order valence-corrected chi connectivity index (χ2v) is 9.64. The van der Waals surface area contributed by atoms with E-state index in [4.69, 9.17) is 22.1 Å². The highest BCUT2D eigenvalue weighted by Crippen LogP contribution is 2.41. The third-order valence-corrected chi connectivity index (χ3v) is 7.07. The van der Waals surface area contributed by atoms with Crippen LogP contribution < -0.4 is 9.64 Å². The maximum Gasteiger partial charge on any atom is 0.303 e. The Morgan fingerprint density at radius 1 is 1.06 bits per heavy atom. The molecule has 2 aliphatic rings. The molecule has 8 heteroatoms. The lowest BCUT2D eigenvalue weighted by Crippen LogP contribution is -2.29. The Morgan fingerprint density at radius 3 is 2.59 bits per heavy atom. The number of aliphatic carboxylic acids is 1. The minimum absolute atomic E-state index is 0.116. The zero-order valence-electron chi connectivity index (χ0n) is 18.9. The van der Waals surface area contributed by atoms with Crippen molar-refractivity contribution in [3.05, 3.63) is 71.5 Å². The van der Waals surface area contributed by atoms with Crippen LogP contribution >= 0.6 is 24.0 Å². The second-order valence-electron chi connectivity index (χ2n) is 7.96. The van der Waals surface area contributed by atoms with E-state index in [1.54, 1.807) is 11.0 Å². The second kappa shape index (κ2) is 10.9. The summed E-state index contributed by atoms with van der Waals surface area (Å²) >= 11 is 6.68. The van der Waals surface area contributed by atoms with Gasteiger partial charge in [0.15, 0.2) is 5.75 Å². The maximum atomic E-state index is 12.8. The number of thiocarbonyl (C=S) groups is 1. The number of benzene rings is 2. The zero-order chi connectivity index (χ0) is 24.1. The highest BCUT2D eigenvalue weighted by atomic mass is 32.2. The van der Waals surface area contributed by atoms with Gasteiger partial charge in [-0.1, -0.05) is 66.8 Å². The molecule has 2 aliphatic heterocycles. The van der Waals surface area contributed by atoms with Crippen molar-refractivity contribution in [2.75, 3.05) is 18.0 Å². The third kappa shape index (κ3) is 5.34. The fourth-order valence-electron chi connectivity index (χ4n) is 3.94. The first-order chi connectivity index (χ1) is 16.5. The molecule has 2 aromatic rings. The Kier molecular flexibility index (Phi) is 7.70. The molecule has 0 unspecified atom stereocenters. The van der Waals surface area contributed by atoms with E-state index in [9.17, 15) is 9.59 Å². The Hall–Kier alpha value is -3.10. The van der Waals surface area contributed by atoms with Gasteiger partial charge in [0.1, 0.15) is 4.32 Å². The average molecular weight is 495 g/mol. The van der Waals surface area contributed by atoms with Crippen molar-refractivity contribution >= 4 is 45.9 Å². The van der Waals surface area contributed by atoms with Crippen molar-refractivity contribution in [1.29, 1.82) is 0 Å². The number of carboxylic acids is 1. The number of carboxylic acid groups (broad SMARTS) is 1. The monoisotopic (exact) mass is 494 g/mol. The lowest BCUT2D eigenvalue weighted by Gasteiger charge is -2.16. The SMILES string of the molecule is CCN1/C(=C/C=C2/SC(=S)N(CCCCCC(=O)O)C2=O)Oc2ccc(-c3ccccc3)cc21. The van der Waals surface area contributed by atoms with Gasteiger partial charge < -0.3 is 14.7 Å². The zero-order valence-corrected chi connectivity index (χ0v) is 20.5. The first-order valence-corrected chi connectivity index (χ1v) is 12.5. The molecule has 2 heterocycles. The summed E-state index contributed by atoms with van der Waals surface area (Å²) < 4.78 is 6.62. The van der Waals surface area contributed by atoms with Crippen LogP contribution in [-0.4, -0.2) is 39.3 Å². The van der Waals surface area contributed by atoms with Crippen molar-refractivity contribution < 1.29 is 19.4 Å². The molecule has 0 spiro atoms. The molecule has 0 bridgehead atoms. The number of rotatable bonds is 9. The first kappa shape index (κ1) is 24.0. The van der Waals surface area contributed by atoms with E-state index >= 15 is 0 Å². The van der Waals surface area contributed by atoms with Gasteiger partial charge in [-0.2, -0.15) is 0 Å². The van der Waals surface area contributed by atoms with Gasteiger partial charge in [0.2, 0.25) is 5.88 Å². The summed E-state index contributed by atoms with van der Waals surface area (Å²) in [7, 11) is 0. The number of carbonyl (C=O) groups is 2. The minimum Gasteiger partial charge on any atom is -0.481 e. The number of allylic oxidation sites excluding steroid dienone is 2. The number of nitrogens with zero attached hydrogens (tertiary/aromatic N) is 2. The molecule has 34 heavy (non-hydrogen) atoms. The third-order valence-electron chi connectivity index (χ3n) is 5.68. The number of fused-ring (bicyclic) bond motifs is 1. The van der Waals surface area contributed by atoms with E-state index in [0.29, 0.717) is 28.1 Å². The van der Waals surface area contributed by atoms with Gasteiger partial charge in [0.25, 0.3) is 5.91 Å². The number of hydrogen-bond donors (Lipinski definition) is 1. The number of carbonyl (C=O) groups excluding carboxylic acids is 1. The molecule has 1 N–H and O–H groups in total. The van der Waals surface area contributed by atoms with E-state index in [-0.39, 0.29) is 12.3 Å². The molecule has 1 amide bonds. The van der Waals surface area contributed by atoms with Gasteiger partial charge in [-0.3, -0.25) is 14.5 Å². The molecular weight excluding hydrogens is 468 g/mol. The molecule has 2 aromatic carbocycles. The van der Waals surface area contributed by atoms with Crippen molar-refractivity contribution in [3.63, 3.8) is 0 Å². The molecule has 4 rings (SSSR count). The highest BCUT2D eigenvalue weighted by molar-refractivity contribution is 8.26. The van der Waals surface area contributed by atoms with Crippen LogP contribution in [-0.2, 0) is 9.59 Å². The topological polar surface area (TPSA) is 70.1 Å². The van der Waals surface area contributed by atoms with Crippen molar-refractivity contribution in [3.8, 4) is 16.9 Å². The van der Waals surface area contributed by atoms with E-state index in [1.807, 2.05) is 36.4 Å². The van der Waals surface area contributed by atoms with Crippen LogP contribution in [0.4, 0.5) is 5.69 Å². The molecule has 176 valence electrons. The van der Waals surface area contributed by atoms with E-state index in [1.165, 1.54) is 11.8 Å².